The van der Waals surface area contributed by atoms with Crippen molar-refractivity contribution >= 4 is 17.6 Å². The summed E-state index contributed by atoms with van der Waals surface area (Å²) >= 11 is 0. The molecule has 0 bridgehead atoms. The van der Waals surface area contributed by atoms with E-state index in [1.165, 1.54) is 6.42 Å². The summed E-state index contributed by atoms with van der Waals surface area (Å²) < 4.78 is 0. The molecule has 27 heavy (non-hydrogen) atoms. The van der Waals surface area contributed by atoms with Crippen LogP contribution in [0.5, 0.6) is 0 Å². The SMILES string of the molecule is CC(=O)N1CCCCC1CCO.CC(=O)N1CCN(c2ccccn2)CC1. The minimum atomic E-state index is 0.146. The molecule has 7 heteroatoms. The topological polar surface area (TPSA) is 77.0 Å². The highest BCUT2D eigenvalue weighted by molar-refractivity contribution is 5.74. The number of piperazine rings is 1. The molecule has 1 unspecified atom stereocenters. The van der Waals surface area contributed by atoms with Gasteiger partial charge in [-0.3, -0.25) is 9.59 Å². The van der Waals surface area contributed by atoms with Crippen LogP contribution in [0.4, 0.5) is 5.82 Å². The number of piperidine rings is 1. The summed E-state index contributed by atoms with van der Waals surface area (Å²) in [5, 5.41) is 8.78. The summed E-state index contributed by atoms with van der Waals surface area (Å²) in [7, 11) is 0. The van der Waals surface area contributed by atoms with E-state index in [9.17, 15) is 9.59 Å². The van der Waals surface area contributed by atoms with Crippen LogP contribution in [0.3, 0.4) is 0 Å². The van der Waals surface area contributed by atoms with E-state index < -0.39 is 0 Å². The van der Waals surface area contributed by atoms with Gasteiger partial charge in [0, 0.05) is 65.4 Å². The van der Waals surface area contributed by atoms with Crippen molar-refractivity contribution in [2.45, 2.75) is 45.6 Å². The molecule has 2 saturated heterocycles. The molecule has 0 radical (unpaired) electrons. The van der Waals surface area contributed by atoms with Crippen molar-refractivity contribution in [1.29, 1.82) is 0 Å². The van der Waals surface area contributed by atoms with Gasteiger partial charge in [0.15, 0.2) is 0 Å². The first-order valence-corrected chi connectivity index (χ1v) is 9.82. The third kappa shape index (κ3) is 6.50. The van der Waals surface area contributed by atoms with Crippen LogP contribution in [0, 0.1) is 0 Å². The number of aliphatic hydroxyl groups excluding tert-OH is 1. The zero-order chi connectivity index (χ0) is 19.6. The predicted molar refractivity (Wildman–Crippen MR) is 105 cm³/mol. The van der Waals surface area contributed by atoms with Crippen molar-refractivity contribution in [3.63, 3.8) is 0 Å². The Morgan fingerprint density at radius 3 is 2.37 bits per heavy atom. The lowest BCUT2D eigenvalue weighted by molar-refractivity contribution is -0.132. The minimum absolute atomic E-state index is 0.146. The van der Waals surface area contributed by atoms with Crippen LogP contribution in [0.1, 0.15) is 39.5 Å². The van der Waals surface area contributed by atoms with Crippen molar-refractivity contribution in [2.75, 3.05) is 44.2 Å². The second-order valence-electron chi connectivity index (χ2n) is 7.06. The van der Waals surface area contributed by atoms with Crippen LogP contribution < -0.4 is 4.90 Å². The van der Waals surface area contributed by atoms with E-state index in [0.717, 1.165) is 57.8 Å². The third-order valence-corrected chi connectivity index (χ3v) is 5.19. The number of anilines is 1. The maximum absolute atomic E-state index is 11.1. The van der Waals surface area contributed by atoms with Gasteiger partial charge >= 0.3 is 0 Å². The molecule has 1 N–H and O–H groups in total. The molecule has 2 fully saturated rings. The normalized spacial score (nSPS) is 20.0. The number of amides is 2. The molecule has 1 atom stereocenters. The van der Waals surface area contributed by atoms with Gasteiger partial charge in [-0.15, -0.1) is 0 Å². The van der Waals surface area contributed by atoms with Crippen molar-refractivity contribution in [2.24, 2.45) is 0 Å². The van der Waals surface area contributed by atoms with Crippen LogP contribution in [-0.2, 0) is 9.59 Å². The monoisotopic (exact) mass is 376 g/mol. The van der Waals surface area contributed by atoms with Crippen LogP contribution in [0.2, 0.25) is 0 Å². The van der Waals surface area contributed by atoms with E-state index in [1.807, 2.05) is 28.0 Å². The summed E-state index contributed by atoms with van der Waals surface area (Å²) in [6.07, 6.45) is 5.89. The van der Waals surface area contributed by atoms with Gasteiger partial charge in [0.25, 0.3) is 0 Å². The first-order chi connectivity index (χ1) is 13.0. The van der Waals surface area contributed by atoms with Crippen molar-refractivity contribution in [3.8, 4) is 0 Å². The smallest absolute Gasteiger partial charge is 0.219 e. The summed E-state index contributed by atoms with van der Waals surface area (Å²) in [6, 6.07) is 6.19. The largest absolute Gasteiger partial charge is 0.396 e. The van der Waals surface area contributed by atoms with Gasteiger partial charge in [-0.2, -0.15) is 0 Å². The summed E-state index contributed by atoms with van der Waals surface area (Å²) in [4.78, 5) is 32.5. The van der Waals surface area contributed by atoms with E-state index in [4.69, 9.17) is 5.11 Å². The Morgan fingerprint density at radius 1 is 1.07 bits per heavy atom. The third-order valence-electron chi connectivity index (χ3n) is 5.19. The second-order valence-corrected chi connectivity index (χ2v) is 7.06. The lowest BCUT2D eigenvalue weighted by Crippen LogP contribution is -2.48. The molecular weight excluding hydrogens is 344 g/mol. The molecule has 0 saturated carbocycles. The lowest BCUT2D eigenvalue weighted by Gasteiger charge is -2.34. The van der Waals surface area contributed by atoms with E-state index in [-0.39, 0.29) is 18.4 Å². The number of nitrogens with zero attached hydrogens (tertiary/aromatic N) is 4. The molecule has 3 rings (SSSR count). The number of hydrogen-bond donors (Lipinski definition) is 1. The fourth-order valence-corrected chi connectivity index (χ4v) is 3.66. The van der Waals surface area contributed by atoms with E-state index in [2.05, 4.69) is 9.88 Å². The number of likely N-dealkylation sites (tertiary alicyclic amines) is 1. The maximum Gasteiger partial charge on any atom is 0.219 e. The van der Waals surface area contributed by atoms with E-state index in [1.54, 1.807) is 20.0 Å². The average Bonchev–Trinajstić information content (AvgIpc) is 2.70. The van der Waals surface area contributed by atoms with Crippen LogP contribution in [-0.4, -0.2) is 77.1 Å². The lowest BCUT2D eigenvalue weighted by atomic mass is 10.00. The average molecular weight is 377 g/mol. The molecule has 2 amide bonds. The molecule has 1 aromatic rings. The molecule has 2 aliphatic rings. The second kappa shape index (κ2) is 10.9. The van der Waals surface area contributed by atoms with Gasteiger partial charge in [-0.1, -0.05) is 6.07 Å². The van der Waals surface area contributed by atoms with Crippen molar-refractivity contribution in [1.82, 2.24) is 14.8 Å². The molecule has 7 nitrogen and oxygen atoms in total. The van der Waals surface area contributed by atoms with E-state index in [0.29, 0.717) is 6.04 Å². The Hall–Kier alpha value is -2.15. The highest BCUT2D eigenvalue weighted by Crippen LogP contribution is 2.19. The molecule has 0 spiro atoms. The Bertz CT molecular complexity index is 586. The first-order valence-electron chi connectivity index (χ1n) is 9.82. The van der Waals surface area contributed by atoms with Crippen molar-refractivity contribution in [3.05, 3.63) is 24.4 Å². The molecule has 0 aliphatic carbocycles. The zero-order valence-electron chi connectivity index (χ0n) is 16.5. The Kier molecular flexibility index (Phi) is 8.51. The summed E-state index contributed by atoms with van der Waals surface area (Å²) in [5.74, 6) is 1.31. The van der Waals surface area contributed by atoms with Crippen LogP contribution in [0.15, 0.2) is 24.4 Å². The van der Waals surface area contributed by atoms with Gasteiger partial charge in [0.1, 0.15) is 5.82 Å². The van der Waals surface area contributed by atoms with Gasteiger partial charge in [-0.25, -0.2) is 4.98 Å². The highest BCUT2D eigenvalue weighted by atomic mass is 16.3. The van der Waals surface area contributed by atoms with Crippen LogP contribution >= 0.6 is 0 Å². The highest BCUT2D eigenvalue weighted by Gasteiger charge is 2.23. The number of carbonyl (C=O) groups excluding carboxylic acids is 2. The Balaban J connectivity index is 0.000000199. The fraction of sp³-hybridized carbons (Fsp3) is 0.650. The fourth-order valence-electron chi connectivity index (χ4n) is 3.66. The molecule has 2 aliphatic heterocycles. The number of aliphatic hydroxyl groups is 1. The van der Waals surface area contributed by atoms with Gasteiger partial charge in [-0.05, 0) is 37.8 Å². The maximum atomic E-state index is 11.1. The summed E-state index contributed by atoms with van der Waals surface area (Å²) in [6.45, 7) is 7.63. The van der Waals surface area contributed by atoms with Gasteiger partial charge in [0.05, 0.1) is 0 Å². The Labute approximate surface area is 162 Å². The number of aromatic nitrogens is 1. The summed E-state index contributed by atoms with van der Waals surface area (Å²) in [5.41, 5.74) is 0. The first kappa shape index (κ1) is 21.2. The number of pyridine rings is 1. The number of carbonyl (C=O) groups is 2. The van der Waals surface area contributed by atoms with E-state index >= 15 is 0 Å². The van der Waals surface area contributed by atoms with Crippen molar-refractivity contribution < 1.29 is 14.7 Å². The standard InChI is InChI=1S/C11H15N3O.C9H17NO2/c1-10(15)13-6-8-14(9-7-13)11-4-2-3-5-12-11;1-8(12)10-6-3-2-4-9(10)5-7-11/h2-5H,6-9H2,1H3;9,11H,2-7H2,1H3. The van der Waals surface area contributed by atoms with Gasteiger partial charge in [0.2, 0.25) is 11.8 Å². The molecule has 3 heterocycles. The number of rotatable bonds is 3. The van der Waals surface area contributed by atoms with Crippen LogP contribution in [0.25, 0.3) is 0 Å². The Morgan fingerprint density at radius 2 is 1.81 bits per heavy atom. The predicted octanol–water partition coefficient (Wildman–Crippen LogP) is 1.52. The molecular formula is C20H32N4O3. The molecule has 150 valence electrons. The number of hydrogen-bond acceptors (Lipinski definition) is 5. The zero-order valence-corrected chi connectivity index (χ0v) is 16.5. The minimum Gasteiger partial charge on any atom is -0.396 e. The van der Waals surface area contributed by atoms with Gasteiger partial charge < -0.3 is 19.8 Å². The quantitative estimate of drug-likeness (QED) is 0.866. The molecule has 0 aromatic carbocycles. The molecule has 1 aromatic heterocycles.